The van der Waals surface area contributed by atoms with Crippen molar-refractivity contribution in [1.82, 2.24) is 0 Å². The normalized spacial score (nSPS) is 35.3. The highest BCUT2D eigenvalue weighted by molar-refractivity contribution is 6.99. The zero-order valence-corrected chi connectivity index (χ0v) is 54.7. The Balaban J connectivity index is 1.17. The van der Waals surface area contributed by atoms with E-state index < -0.39 is 65.5 Å². The quantitative estimate of drug-likeness (QED) is 0.0711. The molecule has 5 fully saturated rings. The largest absolute Gasteiger partial charge is 0.411 e. The van der Waals surface area contributed by atoms with Crippen LogP contribution in [0.3, 0.4) is 0 Å². The van der Waals surface area contributed by atoms with Crippen molar-refractivity contribution in [3.8, 4) is 12.3 Å². The Morgan fingerprint density at radius 2 is 1.41 bits per heavy atom. The molecule has 14 atom stereocenters. The zero-order valence-electron chi connectivity index (χ0n) is 51.7. The van der Waals surface area contributed by atoms with Gasteiger partial charge in [-0.3, -0.25) is 0 Å². The minimum absolute atomic E-state index is 0.0129. The minimum atomic E-state index is -2.89. The third-order valence-electron chi connectivity index (χ3n) is 21.4. The van der Waals surface area contributed by atoms with E-state index in [1.54, 1.807) is 0 Å². The molecule has 442 valence electrons. The summed E-state index contributed by atoms with van der Waals surface area (Å²) in [6.45, 7) is 35.0. The zero-order chi connectivity index (χ0) is 57.5. The van der Waals surface area contributed by atoms with E-state index in [0.29, 0.717) is 38.7 Å². The van der Waals surface area contributed by atoms with Gasteiger partial charge in [-0.15, -0.1) is 12.3 Å². The predicted octanol–water partition coefficient (Wildman–Crippen LogP) is 13.6. The van der Waals surface area contributed by atoms with Gasteiger partial charge in [-0.2, -0.15) is 0 Å². The molecule has 0 unspecified atom stereocenters. The van der Waals surface area contributed by atoms with Crippen LogP contribution in [0.15, 0.2) is 72.3 Å². The Morgan fingerprint density at radius 1 is 0.772 bits per heavy atom. The van der Waals surface area contributed by atoms with Gasteiger partial charge in [0, 0.05) is 63.1 Å². The number of rotatable bonds is 21. The average Bonchev–Trinajstić information content (AvgIpc) is 3.97. The maximum absolute atomic E-state index is 12.1. The maximum atomic E-state index is 12.1. The molecular weight excluding hydrogens is 1040 g/mol. The molecule has 1 aliphatic carbocycles. The van der Waals surface area contributed by atoms with E-state index in [-0.39, 0.29) is 65.3 Å². The lowest BCUT2D eigenvalue weighted by molar-refractivity contribution is -0.400. The van der Waals surface area contributed by atoms with Gasteiger partial charge >= 0.3 is 0 Å². The van der Waals surface area contributed by atoms with Crippen molar-refractivity contribution in [3.63, 3.8) is 0 Å². The van der Waals surface area contributed by atoms with E-state index in [1.807, 2.05) is 0 Å². The molecule has 5 saturated heterocycles. The number of hydrogen-bond acceptors (Lipinski definition) is 10. The number of fused-ring (bicyclic) bond motifs is 2. The topological polar surface area (TPSA) is 114 Å². The van der Waals surface area contributed by atoms with Crippen LogP contribution in [0.2, 0.25) is 41.3 Å². The Hall–Kier alpha value is -2.01. The van der Waals surface area contributed by atoms with Gasteiger partial charge in [-0.25, -0.2) is 0 Å². The third kappa shape index (κ3) is 12.3. The Labute approximate surface area is 481 Å². The number of ether oxygens (including phenoxy) is 5. The van der Waals surface area contributed by atoms with Gasteiger partial charge in [-0.05, 0) is 127 Å². The molecule has 0 saturated carbocycles. The fraction of sp³-hybridized carbons (Fsp3) is 0.758. The molecule has 8 rings (SSSR count). The summed E-state index contributed by atoms with van der Waals surface area (Å²) in [5.41, 5.74) is 0.0351. The summed E-state index contributed by atoms with van der Waals surface area (Å²) in [5.74, 6) is 0.189. The first-order chi connectivity index (χ1) is 37.2. The third-order valence-corrected chi connectivity index (χ3v) is 35.6. The number of benzene rings is 2. The predicted molar refractivity (Wildman–Crippen MR) is 326 cm³/mol. The molecule has 13 heteroatoms. The molecule has 5 aliphatic heterocycles. The lowest BCUT2D eigenvalue weighted by atomic mass is 9.60. The fourth-order valence-electron chi connectivity index (χ4n) is 15.1. The summed E-state index contributed by atoms with van der Waals surface area (Å²) in [7, 11) is -7.32. The molecule has 79 heavy (non-hydrogen) atoms. The smallest absolute Gasteiger partial charge is 0.261 e. The number of hydrogen-bond donors (Lipinski definition) is 2. The van der Waals surface area contributed by atoms with Crippen LogP contribution in [-0.4, -0.2) is 108 Å². The minimum Gasteiger partial charge on any atom is -0.411 e. The van der Waals surface area contributed by atoms with Crippen LogP contribution < -0.4 is 10.4 Å². The first kappa shape index (κ1) is 63.0. The number of terminal acetylenes is 1. The second kappa shape index (κ2) is 24.2. The molecule has 0 aromatic heterocycles. The van der Waals surface area contributed by atoms with Crippen molar-refractivity contribution < 1.29 is 47.2 Å². The molecule has 0 radical (unpaired) electrons. The van der Waals surface area contributed by atoms with Crippen LogP contribution in [0.25, 0.3) is 0 Å². The monoisotopic (exact) mass is 1140 g/mol. The van der Waals surface area contributed by atoms with Gasteiger partial charge in [0.15, 0.2) is 34.0 Å². The molecule has 2 N–H and O–H groups in total. The molecule has 2 aromatic rings. The molecule has 5 heterocycles. The summed E-state index contributed by atoms with van der Waals surface area (Å²) >= 11 is 0. The average molecular weight is 1140 g/mol. The first-order valence-corrected chi connectivity index (χ1v) is 38.4. The van der Waals surface area contributed by atoms with Crippen LogP contribution in [0, 0.1) is 41.4 Å². The van der Waals surface area contributed by atoms with Crippen molar-refractivity contribution in [2.24, 2.45) is 29.1 Å². The van der Waals surface area contributed by atoms with Gasteiger partial charge in [0.25, 0.3) is 8.32 Å². The highest BCUT2D eigenvalue weighted by atomic mass is 28.4. The van der Waals surface area contributed by atoms with Crippen molar-refractivity contribution >= 4 is 35.3 Å². The van der Waals surface area contributed by atoms with Crippen LogP contribution in [0.4, 0.5) is 0 Å². The summed E-state index contributed by atoms with van der Waals surface area (Å²) in [6, 6.07) is 24.9. The van der Waals surface area contributed by atoms with Crippen molar-refractivity contribution in [1.29, 1.82) is 0 Å². The van der Waals surface area contributed by atoms with Gasteiger partial charge < -0.3 is 47.2 Å². The highest BCUT2D eigenvalue weighted by Crippen LogP contribution is 2.60. The van der Waals surface area contributed by atoms with Gasteiger partial charge in [0.05, 0.1) is 31.0 Å². The number of aliphatic hydroxyl groups excluding tert-OH is 2. The van der Waals surface area contributed by atoms with E-state index in [4.69, 9.17) is 43.4 Å². The Kier molecular flexibility index (Phi) is 19.3. The van der Waals surface area contributed by atoms with Crippen LogP contribution in [-0.2, 0) is 37.0 Å². The van der Waals surface area contributed by atoms with E-state index in [2.05, 4.69) is 176 Å². The summed E-state index contributed by atoms with van der Waals surface area (Å²) in [6.07, 6.45) is 16.7. The molecule has 2 aromatic carbocycles. The molecular formula is C66H106O10Si3. The second-order valence-electron chi connectivity index (χ2n) is 28.6. The van der Waals surface area contributed by atoms with Gasteiger partial charge in [0.2, 0.25) is 0 Å². The lowest BCUT2D eigenvalue weighted by Crippen LogP contribution is -2.66. The van der Waals surface area contributed by atoms with Crippen molar-refractivity contribution in [2.75, 3.05) is 19.8 Å². The molecule has 6 aliphatic rings. The highest BCUT2D eigenvalue weighted by Gasteiger charge is 2.67. The van der Waals surface area contributed by atoms with Crippen molar-refractivity contribution in [3.05, 3.63) is 72.3 Å². The Morgan fingerprint density at radius 3 is 1.97 bits per heavy atom. The summed E-state index contributed by atoms with van der Waals surface area (Å²) < 4.78 is 60.4. The summed E-state index contributed by atoms with van der Waals surface area (Å²) in [4.78, 5) is 0. The van der Waals surface area contributed by atoms with E-state index in [9.17, 15) is 10.2 Å². The molecule has 0 amide bonds. The number of aliphatic hydroxyl groups is 2. The molecule has 10 nitrogen and oxygen atoms in total. The van der Waals surface area contributed by atoms with Gasteiger partial charge in [0.1, 0.15) is 11.7 Å². The van der Waals surface area contributed by atoms with Crippen LogP contribution in [0.5, 0.6) is 0 Å². The standard InChI is InChI=1S/C66H106O10Si3/c1-17-28-52-35-37-62(14,76-78(18-2,19-3)20-4)66(71-52)40-39-64(75-66)36-27-29-53(70-64)44-65-43-49(6)57(74-77(15,16)60(8,9)10)59(73-65)58(72-65)56-41-51(34-38-63(56,47-68)42-48(5)50(7)45-67)46-69-79(61(11,12)13,54-30-23-21-24-31-54)55-32-25-22-26-33-55/h1,21-26,30-33,41,48-50,52-53,56-59,67-68H,18-20,27-29,34-40,42-47H2,2-16H3/t48-,49+,50-,52+,53+,56+,57+,58-,59+,62+,63-,64+,65+,66+/m0/s1. The molecule has 2 bridgehead atoms. The summed E-state index contributed by atoms with van der Waals surface area (Å²) in [5, 5.41) is 25.0. The van der Waals surface area contributed by atoms with E-state index >= 15 is 0 Å². The lowest BCUT2D eigenvalue weighted by Gasteiger charge is -2.55. The van der Waals surface area contributed by atoms with Gasteiger partial charge in [-0.1, -0.05) is 150 Å². The Bertz CT molecular complexity index is 2350. The van der Waals surface area contributed by atoms with E-state index in [1.165, 1.54) is 15.9 Å². The SMILES string of the molecule is C#CC[C@@H]1CC[C@@](C)(O[Si](CC)(CC)CC)[C@]2(CC[C@@]3(CCC[C@H](C[C@@]45C[C@@H](C)[C@@H](O[Si](C)(C)C(C)(C)C)[C@@H](O4)[C@H]([C@H]4C=C(CO[Si](c6ccccc6)(c6ccccc6)C(C)(C)C)CC[C@@]4(CO)C[C@H](C)[C@@H](C)CO)O5)O3)O2)O1. The van der Waals surface area contributed by atoms with E-state index in [0.717, 1.165) is 69.5 Å². The van der Waals surface area contributed by atoms with Crippen LogP contribution in [0.1, 0.15) is 173 Å². The second-order valence-corrected chi connectivity index (χ2v) is 42.4. The first-order valence-electron chi connectivity index (χ1n) is 31.1. The van der Waals surface area contributed by atoms with Crippen LogP contribution >= 0.6 is 0 Å². The molecule has 2 spiro atoms. The van der Waals surface area contributed by atoms with Crippen molar-refractivity contribution in [2.45, 2.75) is 268 Å². The fourth-order valence-corrected chi connectivity index (χ4v) is 24.2. The maximum Gasteiger partial charge on any atom is 0.261 e.